The Balaban J connectivity index is 2.51. The molecule has 0 aliphatic carbocycles. The molecule has 1 amide bonds. The lowest BCUT2D eigenvalue weighted by Gasteiger charge is -1.99. The van der Waals surface area contributed by atoms with Crippen molar-refractivity contribution in [3.63, 3.8) is 0 Å². The zero-order chi connectivity index (χ0) is 11.3. The summed E-state index contributed by atoms with van der Waals surface area (Å²) < 4.78 is 0. The predicted octanol–water partition coefficient (Wildman–Crippen LogP) is 0.00670. The fourth-order valence-corrected chi connectivity index (χ4v) is 1.02. The molecule has 0 bridgehead atoms. The van der Waals surface area contributed by atoms with Crippen LogP contribution >= 0.6 is 0 Å². The third-order valence-corrected chi connectivity index (χ3v) is 1.92. The lowest BCUT2D eigenvalue weighted by atomic mass is 10.2. The van der Waals surface area contributed by atoms with E-state index >= 15 is 0 Å². The van der Waals surface area contributed by atoms with Crippen molar-refractivity contribution in [2.75, 3.05) is 13.1 Å². The van der Waals surface area contributed by atoms with Crippen molar-refractivity contribution in [1.82, 2.24) is 20.5 Å². The molecule has 1 aromatic heterocycles. The van der Waals surface area contributed by atoms with Crippen LogP contribution in [0.5, 0.6) is 0 Å². The lowest BCUT2D eigenvalue weighted by Crippen LogP contribution is -2.26. The quantitative estimate of drug-likeness (QED) is 0.597. The van der Waals surface area contributed by atoms with Gasteiger partial charge in [0.05, 0.1) is 0 Å². The minimum atomic E-state index is -0.258. The highest BCUT2D eigenvalue weighted by atomic mass is 16.2. The zero-order valence-electron chi connectivity index (χ0n) is 9.08. The Kier molecular flexibility index (Phi) is 4.23. The van der Waals surface area contributed by atoms with Gasteiger partial charge in [-0.15, -0.1) is 5.10 Å². The standard InChI is InChI=1S/C9H17N5O/c1-6(2)7-12-8(14-13-7)9(15)11-5-3-4-10/h6H,3-5,10H2,1-2H3,(H,11,15)(H,12,13,14). The van der Waals surface area contributed by atoms with E-state index < -0.39 is 0 Å². The molecule has 0 aromatic carbocycles. The highest BCUT2D eigenvalue weighted by Crippen LogP contribution is 2.07. The lowest BCUT2D eigenvalue weighted by molar-refractivity contribution is 0.0943. The molecule has 6 nitrogen and oxygen atoms in total. The Labute approximate surface area is 88.7 Å². The largest absolute Gasteiger partial charge is 0.349 e. The van der Waals surface area contributed by atoms with E-state index in [1.165, 1.54) is 0 Å². The van der Waals surface area contributed by atoms with Crippen LogP contribution in [-0.4, -0.2) is 34.2 Å². The summed E-state index contributed by atoms with van der Waals surface area (Å²) in [5, 5.41) is 9.25. The normalized spacial score (nSPS) is 10.7. The van der Waals surface area contributed by atoms with Crippen LogP contribution < -0.4 is 11.1 Å². The molecule has 0 atom stereocenters. The van der Waals surface area contributed by atoms with Crippen molar-refractivity contribution >= 4 is 5.91 Å². The summed E-state index contributed by atoms with van der Waals surface area (Å²) in [5.41, 5.74) is 5.31. The van der Waals surface area contributed by atoms with Crippen molar-refractivity contribution in [1.29, 1.82) is 0 Å². The summed E-state index contributed by atoms with van der Waals surface area (Å²) in [6.45, 7) is 5.08. The predicted molar refractivity (Wildman–Crippen MR) is 56.5 cm³/mol. The Morgan fingerprint density at radius 3 is 2.87 bits per heavy atom. The van der Waals surface area contributed by atoms with Crippen LogP contribution in [0.15, 0.2) is 0 Å². The van der Waals surface area contributed by atoms with Crippen LogP contribution in [0.4, 0.5) is 0 Å². The number of amides is 1. The fraction of sp³-hybridized carbons (Fsp3) is 0.667. The molecule has 1 rings (SSSR count). The molecule has 0 spiro atoms. The van der Waals surface area contributed by atoms with E-state index in [1.807, 2.05) is 13.8 Å². The number of rotatable bonds is 5. The number of carbonyl (C=O) groups is 1. The summed E-state index contributed by atoms with van der Waals surface area (Å²) in [7, 11) is 0. The number of nitrogens with two attached hydrogens (primary N) is 1. The van der Waals surface area contributed by atoms with E-state index in [9.17, 15) is 4.79 Å². The number of H-pyrrole nitrogens is 1. The van der Waals surface area contributed by atoms with E-state index in [0.717, 1.165) is 12.2 Å². The highest BCUT2D eigenvalue weighted by molar-refractivity contribution is 5.90. The molecule has 1 heterocycles. The average Bonchev–Trinajstić information content (AvgIpc) is 2.66. The highest BCUT2D eigenvalue weighted by Gasteiger charge is 2.12. The van der Waals surface area contributed by atoms with E-state index in [-0.39, 0.29) is 17.6 Å². The molecule has 0 saturated carbocycles. The average molecular weight is 211 g/mol. The number of hydrogen-bond donors (Lipinski definition) is 3. The number of aromatic amines is 1. The van der Waals surface area contributed by atoms with E-state index in [4.69, 9.17) is 5.73 Å². The molecule has 1 aromatic rings. The van der Waals surface area contributed by atoms with Gasteiger partial charge < -0.3 is 11.1 Å². The Hall–Kier alpha value is -1.43. The first kappa shape index (κ1) is 11.6. The summed E-state index contributed by atoms with van der Waals surface area (Å²) >= 11 is 0. The topological polar surface area (TPSA) is 96.7 Å². The number of hydrogen-bond acceptors (Lipinski definition) is 4. The van der Waals surface area contributed by atoms with Crippen molar-refractivity contribution in [3.05, 3.63) is 11.6 Å². The van der Waals surface area contributed by atoms with Gasteiger partial charge in [0, 0.05) is 12.5 Å². The summed E-state index contributed by atoms with van der Waals surface area (Å²) in [5.74, 6) is 0.893. The minimum absolute atomic E-state index is 0.190. The van der Waals surface area contributed by atoms with Crippen molar-refractivity contribution in [2.45, 2.75) is 26.2 Å². The van der Waals surface area contributed by atoms with Crippen LogP contribution in [-0.2, 0) is 0 Å². The molecule has 0 radical (unpaired) electrons. The molecule has 4 N–H and O–H groups in total. The third-order valence-electron chi connectivity index (χ3n) is 1.92. The maximum absolute atomic E-state index is 11.5. The van der Waals surface area contributed by atoms with Crippen LogP contribution in [0.3, 0.4) is 0 Å². The summed E-state index contributed by atoms with van der Waals surface area (Å²) in [6, 6.07) is 0. The van der Waals surface area contributed by atoms with Gasteiger partial charge in [-0.1, -0.05) is 13.8 Å². The molecular formula is C9H17N5O. The summed E-state index contributed by atoms with van der Waals surface area (Å²) in [4.78, 5) is 15.5. The second-order valence-corrected chi connectivity index (χ2v) is 3.60. The molecular weight excluding hydrogens is 194 g/mol. The molecule has 0 aliphatic rings. The van der Waals surface area contributed by atoms with Gasteiger partial charge >= 0.3 is 0 Å². The van der Waals surface area contributed by atoms with Crippen molar-refractivity contribution < 1.29 is 4.79 Å². The first-order valence-electron chi connectivity index (χ1n) is 5.05. The van der Waals surface area contributed by atoms with Gasteiger partial charge in [-0.25, -0.2) is 4.98 Å². The number of carbonyl (C=O) groups excluding carboxylic acids is 1. The van der Waals surface area contributed by atoms with Gasteiger partial charge in [0.25, 0.3) is 5.91 Å². The molecule has 0 saturated heterocycles. The SMILES string of the molecule is CC(C)c1nc(C(=O)NCCCN)n[nH]1. The second-order valence-electron chi connectivity index (χ2n) is 3.60. The monoisotopic (exact) mass is 211 g/mol. The van der Waals surface area contributed by atoms with Gasteiger partial charge in [0.1, 0.15) is 5.82 Å². The van der Waals surface area contributed by atoms with Gasteiger partial charge in [0.2, 0.25) is 5.82 Å². The summed E-state index contributed by atoms with van der Waals surface area (Å²) in [6.07, 6.45) is 0.757. The van der Waals surface area contributed by atoms with E-state index in [0.29, 0.717) is 13.1 Å². The maximum atomic E-state index is 11.5. The number of nitrogens with zero attached hydrogens (tertiary/aromatic N) is 2. The molecule has 0 aliphatic heterocycles. The van der Waals surface area contributed by atoms with Crippen LogP contribution in [0, 0.1) is 0 Å². The third kappa shape index (κ3) is 3.32. The van der Waals surface area contributed by atoms with Crippen LogP contribution in [0.25, 0.3) is 0 Å². The van der Waals surface area contributed by atoms with Crippen molar-refractivity contribution in [3.8, 4) is 0 Å². The molecule has 0 fully saturated rings. The van der Waals surface area contributed by atoms with E-state index in [2.05, 4.69) is 20.5 Å². The Morgan fingerprint density at radius 1 is 1.60 bits per heavy atom. The van der Waals surface area contributed by atoms with Gasteiger partial charge in [-0.3, -0.25) is 9.89 Å². The van der Waals surface area contributed by atoms with Crippen LogP contribution in [0.2, 0.25) is 0 Å². The van der Waals surface area contributed by atoms with Gasteiger partial charge in [0.15, 0.2) is 0 Å². The Bertz CT molecular complexity index is 320. The maximum Gasteiger partial charge on any atom is 0.290 e. The fourth-order valence-electron chi connectivity index (χ4n) is 1.02. The molecule has 0 unspecified atom stereocenters. The van der Waals surface area contributed by atoms with Crippen LogP contribution in [0.1, 0.15) is 42.6 Å². The first-order chi connectivity index (χ1) is 7.15. The second kappa shape index (κ2) is 5.45. The first-order valence-corrected chi connectivity index (χ1v) is 5.05. The van der Waals surface area contributed by atoms with Gasteiger partial charge in [-0.05, 0) is 13.0 Å². The zero-order valence-corrected chi connectivity index (χ0v) is 9.08. The number of nitrogens with one attached hydrogen (secondary N) is 2. The Morgan fingerprint density at radius 2 is 2.33 bits per heavy atom. The molecule has 84 valence electrons. The molecule has 6 heteroatoms. The smallest absolute Gasteiger partial charge is 0.290 e. The minimum Gasteiger partial charge on any atom is -0.349 e. The molecule has 15 heavy (non-hydrogen) atoms. The van der Waals surface area contributed by atoms with Gasteiger partial charge in [-0.2, -0.15) is 0 Å². The van der Waals surface area contributed by atoms with Crippen molar-refractivity contribution in [2.24, 2.45) is 5.73 Å². The van der Waals surface area contributed by atoms with E-state index in [1.54, 1.807) is 0 Å². The number of aromatic nitrogens is 3.